The van der Waals surface area contributed by atoms with Gasteiger partial charge in [-0.3, -0.25) is 0 Å². The highest BCUT2D eigenvalue weighted by Crippen LogP contribution is 2.38. The standard InChI is InChI=1S/C30H34N4O4S/c1-20(22-7-3-2-4-8-22)32-29(35)31-18-17-21-13-15-25(16-14-21)39(37,38)34-30(36)33-28-26-11-5-9-23(26)19-24-10-6-12-27(24)28/h2-4,7-8,13-16,19-20H,5-6,9-12,17-18H2,1H3,(H2,31,32,35)(H2,33,34,36). The summed E-state index contributed by atoms with van der Waals surface area (Å²) in [6, 6.07) is 17.2. The second kappa shape index (κ2) is 11.5. The Hall–Kier alpha value is -3.85. The number of sulfonamides is 1. The van der Waals surface area contributed by atoms with Crippen molar-refractivity contribution in [1.82, 2.24) is 15.4 Å². The van der Waals surface area contributed by atoms with Crippen LogP contribution in [0.15, 0.2) is 65.6 Å². The maximum Gasteiger partial charge on any atom is 0.333 e. The first kappa shape index (κ1) is 26.7. The van der Waals surface area contributed by atoms with Crippen LogP contribution >= 0.6 is 0 Å². The molecule has 3 aromatic carbocycles. The van der Waals surface area contributed by atoms with Crippen LogP contribution in [0.3, 0.4) is 0 Å². The summed E-state index contributed by atoms with van der Waals surface area (Å²) in [6.07, 6.45) is 6.42. The Morgan fingerprint density at radius 2 is 1.49 bits per heavy atom. The van der Waals surface area contributed by atoms with Gasteiger partial charge in [0.1, 0.15) is 0 Å². The monoisotopic (exact) mass is 546 g/mol. The predicted molar refractivity (Wildman–Crippen MR) is 151 cm³/mol. The maximum absolute atomic E-state index is 12.9. The molecule has 39 heavy (non-hydrogen) atoms. The number of hydrogen-bond donors (Lipinski definition) is 4. The lowest BCUT2D eigenvalue weighted by molar-refractivity contribution is 0.238. The summed E-state index contributed by atoms with van der Waals surface area (Å²) >= 11 is 0. The minimum absolute atomic E-state index is 0.00677. The smallest absolute Gasteiger partial charge is 0.333 e. The molecule has 1 atom stereocenters. The van der Waals surface area contributed by atoms with Gasteiger partial charge in [-0.25, -0.2) is 22.7 Å². The fourth-order valence-electron chi connectivity index (χ4n) is 5.52. The van der Waals surface area contributed by atoms with Gasteiger partial charge in [-0.05, 0) is 97.4 Å². The maximum atomic E-state index is 12.9. The summed E-state index contributed by atoms with van der Waals surface area (Å²) in [7, 11) is -4.04. The third-order valence-electron chi connectivity index (χ3n) is 7.52. The highest BCUT2D eigenvalue weighted by molar-refractivity contribution is 7.90. The molecule has 1 unspecified atom stereocenters. The van der Waals surface area contributed by atoms with Crippen molar-refractivity contribution in [2.24, 2.45) is 0 Å². The normalized spacial score (nSPS) is 14.7. The topological polar surface area (TPSA) is 116 Å². The van der Waals surface area contributed by atoms with Gasteiger partial charge in [0, 0.05) is 12.2 Å². The van der Waals surface area contributed by atoms with Crippen molar-refractivity contribution in [3.8, 4) is 0 Å². The fraction of sp³-hybridized carbons (Fsp3) is 0.333. The summed E-state index contributed by atoms with van der Waals surface area (Å²) in [5, 5.41) is 8.59. The van der Waals surface area contributed by atoms with E-state index in [1.54, 1.807) is 12.1 Å². The molecule has 8 nitrogen and oxygen atoms in total. The van der Waals surface area contributed by atoms with Gasteiger partial charge in [-0.2, -0.15) is 0 Å². The van der Waals surface area contributed by atoms with E-state index in [1.165, 1.54) is 23.3 Å². The zero-order valence-corrected chi connectivity index (χ0v) is 22.9. The molecular weight excluding hydrogens is 512 g/mol. The number of aryl methyl sites for hydroxylation is 2. The van der Waals surface area contributed by atoms with Gasteiger partial charge in [-0.1, -0.05) is 48.5 Å². The number of amides is 4. The number of rotatable bonds is 8. The first-order chi connectivity index (χ1) is 18.8. The van der Waals surface area contributed by atoms with Gasteiger partial charge in [-0.15, -0.1) is 0 Å². The lowest BCUT2D eigenvalue weighted by Gasteiger charge is -2.16. The molecule has 4 N–H and O–H groups in total. The molecule has 3 aromatic rings. The number of benzene rings is 3. The van der Waals surface area contributed by atoms with E-state index < -0.39 is 16.1 Å². The minimum Gasteiger partial charge on any atom is -0.338 e. The van der Waals surface area contributed by atoms with Gasteiger partial charge >= 0.3 is 12.1 Å². The van der Waals surface area contributed by atoms with Crippen LogP contribution < -0.4 is 20.7 Å². The van der Waals surface area contributed by atoms with E-state index >= 15 is 0 Å². The molecule has 5 rings (SSSR count). The number of carbonyl (C=O) groups excluding carboxylic acids is 2. The van der Waals surface area contributed by atoms with E-state index in [0.717, 1.165) is 66.5 Å². The molecule has 2 aliphatic carbocycles. The van der Waals surface area contributed by atoms with E-state index in [9.17, 15) is 18.0 Å². The second-order valence-corrected chi connectivity index (χ2v) is 11.9. The van der Waals surface area contributed by atoms with Gasteiger partial charge in [0.25, 0.3) is 10.0 Å². The Labute approximate surface area is 229 Å². The molecule has 0 spiro atoms. The summed E-state index contributed by atoms with van der Waals surface area (Å²) < 4.78 is 28.0. The van der Waals surface area contributed by atoms with Gasteiger partial charge < -0.3 is 16.0 Å². The molecule has 0 bridgehead atoms. The third-order valence-corrected chi connectivity index (χ3v) is 8.87. The van der Waals surface area contributed by atoms with Crippen LogP contribution in [-0.2, 0) is 42.1 Å². The van der Waals surface area contributed by atoms with Gasteiger partial charge in [0.05, 0.1) is 10.9 Å². The molecule has 0 aliphatic heterocycles. The van der Waals surface area contributed by atoms with E-state index in [4.69, 9.17) is 0 Å². The van der Waals surface area contributed by atoms with Crippen molar-refractivity contribution in [2.45, 2.75) is 62.8 Å². The van der Waals surface area contributed by atoms with E-state index in [2.05, 4.69) is 26.7 Å². The molecule has 0 saturated carbocycles. The van der Waals surface area contributed by atoms with Crippen LogP contribution in [0.2, 0.25) is 0 Å². The number of carbonyl (C=O) groups is 2. The van der Waals surface area contributed by atoms with Gasteiger partial charge in [0.2, 0.25) is 0 Å². The summed E-state index contributed by atoms with van der Waals surface area (Å²) in [5.74, 6) is 0. The number of nitrogens with one attached hydrogen (secondary N) is 4. The molecule has 4 amide bonds. The van der Waals surface area contributed by atoms with E-state index in [0.29, 0.717) is 13.0 Å². The van der Waals surface area contributed by atoms with Crippen molar-refractivity contribution in [3.63, 3.8) is 0 Å². The van der Waals surface area contributed by atoms with Crippen LogP contribution in [0.4, 0.5) is 15.3 Å². The Bertz CT molecular complexity index is 1440. The number of fused-ring (bicyclic) bond motifs is 2. The number of urea groups is 2. The highest BCUT2D eigenvalue weighted by Gasteiger charge is 2.26. The van der Waals surface area contributed by atoms with Crippen LogP contribution in [0, 0.1) is 0 Å². The van der Waals surface area contributed by atoms with Crippen molar-refractivity contribution in [3.05, 3.63) is 94.0 Å². The molecule has 9 heteroatoms. The zero-order chi connectivity index (χ0) is 27.4. The summed E-state index contributed by atoms with van der Waals surface area (Å²) in [4.78, 5) is 25.0. The zero-order valence-electron chi connectivity index (χ0n) is 22.0. The Kier molecular flexibility index (Phi) is 7.88. The first-order valence-corrected chi connectivity index (χ1v) is 15.0. The van der Waals surface area contributed by atoms with Gasteiger partial charge in [0.15, 0.2) is 0 Å². The first-order valence-electron chi connectivity index (χ1n) is 13.5. The fourth-order valence-corrected chi connectivity index (χ4v) is 6.42. The quantitative estimate of drug-likeness (QED) is 0.325. The van der Waals surface area contributed by atoms with Crippen molar-refractivity contribution in [2.75, 3.05) is 11.9 Å². The molecule has 0 saturated heterocycles. The third kappa shape index (κ3) is 6.25. The van der Waals surface area contributed by atoms with Crippen LogP contribution in [0.1, 0.15) is 59.2 Å². The number of anilines is 1. The van der Waals surface area contributed by atoms with Crippen molar-refractivity contribution < 1.29 is 18.0 Å². The van der Waals surface area contributed by atoms with E-state index in [1.807, 2.05) is 37.3 Å². The summed E-state index contributed by atoms with van der Waals surface area (Å²) in [6.45, 7) is 2.31. The Morgan fingerprint density at radius 3 is 2.13 bits per heavy atom. The molecule has 2 aliphatic rings. The molecular formula is C30H34N4O4S. The molecule has 0 fully saturated rings. The van der Waals surface area contributed by atoms with Crippen LogP contribution in [-0.4, -0.2) is 27.0 Å². The number of hydrogen-bond acceptors (Lipinski definition) is 4. The van der Waals surface area contributed by atoms with Crippen LogP contribution in [0.5, 0.6) is 0 Å². The SMILES string of the molecule is CC(NC(=O)NCCc1ccc(S(=O)(=O)NC(=O)Nc2c3c(cc4c2CCC4)CCC3)cc1)c1ccccc1. The van der Waals surface area contributed by atoms with Crippen molar-refractivity contribution >= 4 is 27.8 Å². The largest absolute Gasteiger partial charge is 0.338 e. The van der Waals surface area contributed by atoms with E-state index in [-0.39, 0.29) is 17.0 Å². The second-order valence-electron chi connectivity index (χ2n) is 10.2. The minimum atomic E-state index is -4.04. The molecule has 0 aromatic heterocycles. The van der Waals surface area contributed by atoms with Crippen molar-refractivity contribution in [1.29, 1.82) is 0 Å². The molecule has 0 heterocycles. The Morgan fingerprint density at radius 1 is 0.846 bits per heavy atom. The molecule has 204 valence electrons. The predicted octanol–water partition coefficient (Wildman–Crippen LogP) is 4.78. The average molecular weight is 547 g/mol. The molecule has 0 radical (unpaired) electrons. The van der Waals surface area contributed by atoms with Crippen LogP contribution in [0.25, 0.3) is 0 Å². The lowest BCUT2D eigenvalue weighted by atomic mass is 9.99. The Balaban J connectivity index is 1.14. The highest BCUT2D eigenvalue weighted by atomic mass is 32.2. The average Bonchev–Trinajstić information content (AvgIpc) is 3.59. The summed E-state index contributed by atoms with van der Waals surface area (Å²) in [5.41, 5.74) is 7.50. The lowest BCUT2D eigenvalue weighted by Crippen LogP contribution is -2.38.